The molecule has 0 atom stereocenters. The Labute approximate surface area is 164 Å². The van der Waals surface area contributed by atoms with Gasteiger partial charge in [-0.2, -0.15) is 0 Å². The minimum Gasteiger partial charge on any atom is -0.493 e. The summed E-state index contributed by atoms with van der Waals surface area (Å²) < 4.78 is 33.6. The lowest BCUT2D eigenvalue weighted by atomic mass is 10.2. The van der Waals surface area contributed by atoms with Crippen molar-refractivity contribution in [2.75, 3.05) is 24.8 Å². The van der Waals surface area contributed by atoms with Crippen molar-refractivity contribution in [2.24, 2.45) is 5.92 Å². The average molecular weight is 405 g/mol. The van der Waals surface area contributed by atoms with Gasteiger partial charge in [-0.1, -0.05) is 19.9 Å². The van der Waals surface area contributed by atoms with Crippen LogP contribution in [0.2, 0.25) is 0 Å². The first kappa shape index (κ1) is 21.4. The van der Waals surface area contributed by atoms with Gasteiger partial charge in [0.15, 0.2) is 16.4 Å². The quantitative estimate of drug-likeness (QED) is 0.678. The summed E-state index contributed by atoms with van der Waals surface area (Å²) >= 11 is 0. The summed E-state index contributed by atoms with van der Waals surface area (Å²) in [6, 6.07) is 12.3. The summed E-state index contributed by atoms with van der Waals surface area (Å²) in [5, 5.41) is 2.50. The van der Waals surface area contributed by atoms with E-state index in [4.69, 9.17) is 9.47 Å². The summed E-state index contributed by atoms with van der Waals surface area (Å²) in [6.07, 6.45) is 1.08. The van der Waals surface area contributed by atoms with Crippen molar-refractivity contribution in [3.8, 4) is 5.75 Å². The first-order chi connectivity index (χ1) is 13.1. The summed E-state index contributed by atoms with van der Waals surface area (Å²) in [4.78, 5) is 24.1. The molecule has 1 N–H and O–H groups in total. The van der Waals surface area contributed by atoms with Gasteiger partial charge in [0.1, 0.15) is 5.75 Å². The Bertz CT molecular complexity index is 935. The molecule has 2 rings (SSSR count). The molecule has 0 saturated carbocycles. The Morgan fingerprint density at radius 3 is 2.36 bits per heavy atom. The van der Waals surface area contributed by atoms with Crippen molar-refractivity contribution in [1.82, 2.24) is 0 Å². The zero-order valence-corrected chi connectivity index (χ0v) is 16.8. The Morgan fingerprint density at radius 2 is 1.75 bits per heavy atom. The van der Waals surface area contributed by atoms with Gasteiger partial charge < -0.3 is 14.8 Å². The van der Waals surface area contributed by atoms with Crippen LogP contribution in [-0.4, -0.2) is 39.8 Å². The number of rotatable bonds is 8. The van der Waals surface area contributed by atoms with Gasteiger partial charge in [0.2, 0.25) is 0 Å². The molecule has 0 aliphatic heterocycles. The van der Waals surface area contributed by atoms with Crippen LogP contribution in [-0.2, 0) is 19.4 Å². The third-order valence-electron chi connectivity index (χ3n) is 3.55. The maximum Gasteiger partial charge on any atom is 0.338 e. The third kappa shape index (κ3) is 6.70. The smallest absolute Gasteiger partial charge is 0.338 e. The van der Waals surface area contributed by atoms with Crippen molar-refractivity contribution in [3.63, 3.8) is 0 Å². The first-order valence-corrected chi connectivity index (χ1v) is 10.5. The highest BCUT2D eigenvalue weighted by molar-refractivity contribution is 7.90. The number of amides is 1. The van der Waals surface area contributed by atoms with E-state index in [0.29, 0.717) is 29.5 Å². The number of ether oxygens (including phenoxy) is 2. The Hall–Kier alpha value is -2.87. The molecule has 0 aliphatic rings. The second kappa shape index (κ2) is 9.36. The molecule has 7 nitrogen and oxygen atoms in total. The number of esters is 1. The largest absolute Gasteiger partial charge is 0.493 e. The topological polar surface area (TPSA) is 98.8 Å². The number of anilines is 1. The Balaban J connectivity index is 1.88. The van der Waals surface area contributed by atoms with Gasteiger partial charge in [0, 0.05) is 11.9 Å². The fourth-order valence-corrected chi connectivity index (χ4v) is 2.83. The van der Waals surface area contributed by atoms with Gasteiger partial charge in [0.05, 0.1) is 17.1 Å². The van der Waals surface area contributed by atoms with E-state index >= 15 is 0 Å². The predicted octanol–water partition coefficient (Wildman–Crippen LogP) is 2.92. The van der Waals surface area contributed by atoms with Crippen LogP contribution >= 0.6 is 0 Å². The molecule has 8 heteroatoms. The van der Waals surface area contributed by atoms with Crippen LogP contribution in [0.4, 0.5) is 5.69 Å². The molecule has 2 aromatic carbocycles. The van der Waals surface area contributed by atoms with Crippen LogP contribution in [0.25, 0.3) is 0 Å². The zero-order valence-electron chi connectivity index (χ0n) is 16.0. The van der Waals surface area contributed by atoms with Crippen LogP contribution in [0, 0.1) is 5.92 Å². The first-order valence-electron chi connectivity index (χ1n) is 8.65. The van der Waals surface area contributed by atoms with Crippen LogP contribution < -0.4 is 10.1 Å². The molecule has 0 fully saturated rings. The Kier molecular flexibility index (Phi) is 7.17. The number of carbonyl (C=O) groups is 2. The van der Waals surface area contributed by atoms with Gasteiger partial charge in [-0.05, 0) is 48.4 Å². The zero-order chi connectivity index (χ0) is 20.7. The summed E-state index contributed by atoms with van der Waals surface area (Å²) in [5.41, 5.74) is 0.597. The van der Waals surface area contributed by atoms with E-state index in [9.17, 15) is 18.0 Å². The van der Waals surface area contributed by atoms with E-state index in [0.717, 1.165) is 6.26 Å². The molecular formula is C20H23NO6S. The van der Waals surface area contributed by atoms with E-state index in [1.807, 2.05) is 13.8 Å². The lowest BCUT2D eigenvalue weighted by Crippen LogP contribution is -2.21. The van der Waals surface area contributed by atoms with Crippen molar-refractivity contribution in [2.45, 2.75) is 18.7 Å². The van der Waals surface area contributed by atoms with E-state index in [1.54, 1.807) is 30.3 Å². The molecule has 0 radical (unpaired) electrons. The second-order valence-electron chi connectivity index (χ2n) is 6.65. The molecule has 2 aromatic rings. The highest BCUT2D eigenvalue weighted by atomic mass is 32.2. The monoisotopic (exact) mass is 405 g/mol. The molecule has 0 heterocycles. The predicted molar refractivity (Wildman–Crippen MR) is 105 cm³/mol. The number of nitrogens with one attached hydrogen (secondary N) is 1. The summed E-state index contributed by atoms with van der Waals surface area (Å²) in [6.45, 7) is 4.15. The van der Waals surface area contributed by atoms with E-state index < -0.39 is 28.3 Å². The molecule has 0 saturated heterocycles. The lowest BCUT2D eigenvalue weighted by molar-refractivity contribution is -0.119. The maximum atomic E-state index is 12.0. The normalized spacial score (nSPS) is 11.1. The highest BCUT2D eigenvalue weighted by Crippen LogP contribution is 2.16. The third-order valence-corrected chi connectivity index (χ3v) is 4.66. The van der Waals surface area contributed by atoms with E-state index in [2.05, 4.69) is 5.32 Å². The fraction of sp³-hybridized carbons (Fsp3) is 0.300. The molecule has 0 unspecified atom stereocenters. The molecule has 150 valence electrons. The number of sulfone groups is 1. The molecule has 0 aliphatic carbocycles. The molecule has 0 aromatic heterocycles. The van der Waals surface area contributed by atoms with Gasteiger partial charge in [-0.25, -0.2) is 13.2 Å². The van der Waals surface area contributed by atoms with Gasteiger partial charge >= 0.3 is 5.97 Å². The molecular weight excluding hydrogens is 382 g/mol. The van der Waals surface area contributed by atoms with Crippen LogP contribution in [0.15, 0.2) is 53.4 Å². The highest BCUT2D eigenvalue weighted by Gasteiger charge is 2.12. The lowest BCUT2D eigenvalue weighted by Gasteiger charge is -2.10. The number of carbonyl (C=O) groups excluding carboxylic acids is 2. The molecule has 0 bridgehead atoms. The van der Waals surface area contributed by atoms with E-state index in [-0.39, 0.29) is 4.90 Å². The standard InChI is InChI=1S/C20H23NO6S/c1-14(2)12-26-17-9-7-15(8-10-17)20(23)27-13-19(22)21-16-5-4-6-18(11-16)28(3,24)25/h4-11,14H,12-13H2,1-3H3,(H,21,22). The molecule has 28 heavy (non-hydrogen) atoms. The summed E-state index contributed by atoms with van der Waals surface area (Å²) in [5.74, 6) is -0.179. The van der Waals surface area contributed by atoms with Gasteiger partial charge in [-0.3, -0.25) is 4.79 Å². The van der Waals surface area contributed by atoms with Crippen molar-refractivity contribution >= 4 is 27.4 Å². The van der Waals surface area contributed by atoms with Crippen molar-refractivity contribution in [1.29, 1.82) is 0 Å². The molecule has 0 spiro atoms. The van der Waals surface area contributed by atoms with Gasteiger partial charge in [-0.15, -0.1) is 0 Å². The Morgan fingerprint density at radius 1 is 1.07 bits per heavy atom. The number of benzene rings is 2. The molecule has 1 amide bonds. The number of hydrogen-bond acceptors (Lipinski definition) is 6. The minimum absolute atomic E-state index is 0.0853. The minimum atomic E-state index is -3.38. The van der Waals surface area contributed by atoms with Gasteiger partial charge in [0.25, 0.3) is 5.91 Å². The van der Waals surface area contributed by atoms with E-state index in [1.165, 1.54) is 18.2 Å². The summed E-state index contributed by atoms with van der Waals surface area (Å²) in [7, 11) is -3.38. The maximum absolute atomic E-state index is 12.0. The van der Waals surface area contributed by atoms with Crippen LogP contribution in [0.3, 0.4) is 0 Å². The van der Waals surface area contributed by atoms with Crippen LogP contribution in [0.5, 0.6) is 5.75 Å². The number of hydrogen-bond donors (Lipinski definition) is 1. The van der Waals surface area contributed by atoms with Crippen molar-refractivity contribution < 1.29 is 27.5 Å². The van der Waals surface area contributed by atoms with Crippen LogP contribution in [0.1, 0.15) is 24.2 Å². The SMILES string of the molecule is CC(C)COc1ccc(C(=O)OCC(=O)Nc2cccc(S(C)(=O)=O)c2)cc1. The van der Waals surface area contributed by atoms with Crippen molar-refractivity contribution in [3.05, 3.63) is 54.1 Å². The second-order valence-corrected chi connectivity index (χ2v) is 8.67. The fourth-order valence-electron chi connectivity index (χ4n) is 2.17. The average Bonchev–Trinajstić information content (AvgIpc) is 2.64.